The zero-order valence-corrected chi connectivity index (χ0v) is 17.4. The predicted octanol–water partition coefficient (Wildman–Crippen LogP) is 4.28. The molecule has 2 aromatic heterocycles. The molecule has 13 heteroatoms. The van der Waals surface area contributed by atoms with E-state index in [4.69, 9.17) is 5.11 Å². The lowest BCUT2D eigenvalue weighted by Gasteiger charge is -2.31. The first-order valence-corrected chi connectivity index (χ1v) is 10.1. The Labute approximate surface area is 188 Å². The number of aromatic amines is 1. The summed E-state index contributed by atoms with van der Waals surface area (Å²) in [5.41, 5.74) is -0.989. The second kappa shape index (κ2) is 8.54. The van der Waals surface area contributed by atoms with Crippen LogP contribution in [0.25, 0.3) is 22.3 Å². The van der Waals surface area contributed by atoms with Gasteiger partial charge in [-0.2, -0.15) is 13.2 Å². The van der Waals surface area contributed by atoms with E-state index in [-0.39, 0.29) is 53.3 Å². The molecule has 180 valence electrons. The van der Waals surface area contributed by atoms with Gasteiger partial charge in [0.1, 0.15) is 5.82 Å². The molecule has 1 fully saturated rings. The number of alkyl halides is 5. The number of benzene rings is 1. The fraction of sp³-hybridized carbons (Fsp3) is 0.333. The van der Waals surface area contributed by atoms with Gasteiger partial charge in [0.25, 0.3) is 11.8 Å². The lowest BCUT2D eigenvalue weighted by Crippen LogP contribution is -2.42. The Morgan fingerprint density at radius 2 is 1.88 bits per heavy atom. The van der Waals surface area contributed by atoms with E-state index in [9.17, 15) is 31.5 Å². The molecule has 34 heavy (non-hydrogen) atoms. The summed E-state index contributed by atoms with van der Waals surface area (Å²) in [5, 5.41) is 10.7. The van der Waals surface area contributed by atoms with Gasteiger partial charge in [0.05, 0.1) is 34.4 Å². The summed E-state index contributed by atoms with van der Waals surface area (Å²) in [6, 6.07) is 4.99. The minimum absolute atomic E-state index is 0.000984. The van der Waals surface area contributed by atoms with Gasteiger partial charge in [-0.05, 0) is 24.3 Å². The van der Waals surface area contributed by atoms with Crippen LogP contribution in [0.3, 0.4) is 0 Å². The molecular weight excluding hydrogens is 465 g/mol. The molecule has 1 aromatic carbocycles. The largest absolute Gasteiger partial charge is 0.465 e. The second-order valence-corrected chi connectivity index (χ2v) is 7.84. The molecule has 3 heterocycles. The number of piperidine rings is 1. The summed E-state index contributed by atoms with van der Waals surface area (Å²) < 4.78 is 67.7. The molecule has 0 spiro atoms. The van der Waals surface area contributed by atoms with Crippen molar-refractivity contribution in [2.75, 3.05) is 13.1 Å². The number of carbonyl (C=O) groups excluding carboxylic acids is 1. The van der Waals surface area contributed by atoms with E-state index < -0.39 is 42.5 Å². The van der Waals surface area contributed by atoms with Gasteiger partial charge >= 0.3 is 12.3 Å². The first kappa shape index (κ1) is 23.4. The molecule has 0 aliphatic carbocycles. The third-order valence-electron chi connectivity index (χ3n) is 5.44. The summed E-state index contributed by atoms with van der Waals surface area (Å²) in [6.07, 6.45) is -5.76. The van der Waals surface area contributed by atoms with Crippen LogP contribution in [0.4, 0.5) is 26.7 Å². The number of nitrogens with zero attached hydrogens (tertiary/aromatic N) is 3. The maximum Gasteiger partial charge on any atom is 0.418 e. The number of likely N-dealkylation sites (tertiary alicyclic amines) is 1. The highest BCUT2D eigenvalue weighted by Gasteiger charge is 2.36. The Bertz CT molecular complexity index is 1230. The van der Waals surface area contributed by atoms with Crippen molar-refractivity contribution in [3.8, 4) is 11.3 Å². The number of pyridine rings is 1. The fourth-order valence-corrected chi connectivity index (χ4v) is 3.69. The third-order valence-corrected chi connectivity index (χ3v) is 5.44. The van der Waals surface area contributed by atoms with E-state index in [2.05, 4.69) is 15.0 Å². The highest BCUT2D eigenvalue weighted by Crippen LogP contribution is 2.37. The molecule has 1 aliphatic rings. The minimum atomic E-state index is -4.73. The molecule has 1 aliphatic heterocycles. The van der Waals surface area contributed by atoms with Crippen molar-refractivity contribution < 1.29 is 36.6 Å². The molecular formula is C21H18F5N5O3. The van der Waals surface area contributed by atoms with Gasteiger partial charge in [-0.25, -0.2) is 18.6 Å². The van der Waals surface area contributed by atoms with Crippen LogP contribution in [-0.2, 0) is 12.7 Å². The Morgan fingerprint density at radius 3 is 2.47 bits per heavy atom. The fourth-order valence-electron chi connectivity index (χ4n) is 3.69. The van der Waals surface area contributed by atoms with E-state index in [0.717, 1.165) is 6.07 Å². The molecule has 0 unspecified atom stereocenters. The van der Waals surface area contributed by atoms with Gasteiger partial charge in [-0.1, -0.05) is 0 Å². The van der Waals surface area contributed by atoms with Crippen molar-refractivity contribution in [1.29, 1.82) is 0 Å². The van der Waals surface area contributed by atoms with E-state index in [0.29, 0.717) is 0 Å². The van der Waals surface area contributed by atoms with Crippen LogP contribution < -0.4 is 5.32 Å². The number of hydrogen-bond donors (Lipinski definition) is 3. The van der Waals surface area contributed by atoms with Crippen molar-refractivity contribution in [2.45, 2.75) is 31.5 Å². The number of imidazole rings is 1. The number of carboxylic acid groups (broad SMARTS) is 1. The summed E-state index contributed by atoms with van der Waals surface area (Å²) in [7, 11) is 0. The molecule has 0 atom stereocenters. The number of amides is 2. The van der Waals surface area contributed by atoms with Crippen LogP contribution in [0, 0.1) is 0 Å². The summed E-state index contributed by atoms with van der Waals surface area (Å²) >= 11 is 0. The number of rotatable bonds is 4. The maximum absolute atomic E-state index is 13.7. The molecule has 0 radical (unpaired) electrons. The lowest BCUT2D eigenvalue weighted by atomic mass is 10.0. The molecule has 8 nitrogen and oxygen atoms in total. The summed E-state index contributed by atoms with van der Waals surface area (Å²) in [6.45, 7) is -0.511. The Kier molecular flexibility index (Phi) is 5.87. The number of hydrogen-bond acceptors (Lipinski definition) is 4. The number of halogens is 5. The van der Waals surface area contributed by atoms with Crippen molar-refractivity contribution in [3.63, 3.8) is 0 Å². The summed E-state index contributed by atoms with van der Waals surface area (Å²) in [4.78, 5) is 35.1. The molecule has 0 saturated carbocycles. The molecule has 1 saturated heterocycles. The topological polar surface area (TPSA) is 111 Å². The lowest BCUT2D eigenvalue weighted by molar-refractivity contribution is -0.136. The van der Waals surface area contributed by atoms with Crippen molar-refractivity contribution >= 4 is 23.0 Å². The van der Waals surface area contributed by atoms with Gasteiger partial charge in [0.15, 0.2) is 0 Å². The highest BCUT2D eigenvalue weighted by atomic mass is 19.4. The highest BCUT2D eigenvalue weighted by molar-refractivity contribution is 5.94. The number of aromatic nitrogens is 3. The van der Waals surface area contributed by atoms with Gasteiger partial charge in [0, 0.05) is 37.7 Å². The van der Waals surface area contributed by atoms with E-state index in [1.165, 1.54) is 29.3 Å². The van der Waals surface area contributed by atoms with Crippen LogP contribution in [0.1, 0.15) is 34.6 Å². The van der Waals surface area contributed by atoms with Gasteiger partial charge in [-0.3, -0.25) is 9.78 Å². The Hall–Kier alpha value is -3.77. The first-order valence-electron chi connectivity index (χ1n) is 10.1. The quantitative estimate of drug-likeness (QED) is 0.480. The van der Waals surface area contributed by atoms with Gasteiger partial charge in [-0.15, -0.1) is 0 Å². The molecule has 3 aromatic rings. The zero-order valence-electron chi connectivity index (χ0n) is 17.4. The van der Waals surface area contributed by atoms with E-state index in [1.807, 2.05) is 5.32 Å². The van der Waals surface area contributed by atoms with E-state index in [1.54, 1.807) is 0 Å². The smallest absolute Gasteiger partial charge is 0.418 e. The predicted molar refractivity (Wildman–Crippen MR) is 109 cm³/mol. The molecule has 0 bridgehead atoms. The van der Waals surface area contributed by atoms with Crippen LogP contribution in [-0.4, -0.2) is 56.0 Å². The van der Waals surface area contributed by atoms with Gasteiger partial charge in [0.2, 0.25) is 0 Å². The number of fused-ring (bicyclic) bond motifs is 1. The Morgan fingerprint density at radius 1 is 1.18 bits per heavy atom. The Balaban J connectivity index is 1.62. The normalized spacial score (nSPS) is 16.0. The number of nitrogens with one attached hydrogen (secondary N) is 2. The van der Waals surface area contributed by atoms with Crippen LogP contribution >= 0.6 is 0 Å². The monoisotopic (exact) mass is 483 g/mol. The van der Waals surface area contributed by atoms with E-state index >= 15 is 0 Å². The number of carbonyl (C=O) groups is 2. The van der Waals surface area contributed by atoms with Crippen LogP contribution in [0.5, 0.6) is 0 Å². The minimum Gasteiger partial charge on any atom is -0.465 e. The van der Waals surface area contributed by atoms with Crippen molar-refractivity contribution in [2.24, 2.45) is 0 Å². The van der Waals surface area contributed by atoms with Crippen LogP contribution in [0.15, 0.2) is 30.5 Å². The van der Waals surface area contributed by atoms with Crippen LogP contribution in [0.2, 0.25) is 0 Å². The molecule has 2 amide bonds. The zero-order chi connectivity index (χ0) is 24.7. The standard InChI is InChI=1S/C21H18F5N5O3/c22-20(23)3-5-31(6-4-20)18(32)11-1-2-14(27-9-11)12-7-13(21(24,25)26)17-15(8-12)29-16(30-17)10-28-19(33)34/h1-2,7-9,28H,3-6,10H2,(H,29,30)(H,33,34). The summed E-state index contributed by atoms with van der Waals surface area (Å²) in [5.74, 6) is -3.28. The molecule has 3 N–H and O–H groups in total. The SMILES string of the molecule is O=C(O)NCc1nc2cc(-c3ccc(C(=O)N4CCC(F)(F)CC4)cn3)cc(C(F)(F)F)c2[nH]1. The molecule has 4 rings (SSSR count). The third kappa shape index (κ3) is 4.92. The number of H-pyrrole nitrogens is 1. The first-order chi connectivity index (χ1) is 15.9. The average molecular weight is 483 g/mol. The second-order valence-electron chi connectivity index (χ2n) is 7.84. The van der Waals surface area contributed by atoms with Crippen molar-refractivity contribution in [3.05, 3.63) is 47.4 Å². The van der Waals surface area contributed by atoms with Crippen molar-refractivity contribution in [1.82, 2.24) is 25.2 Å². The van der Waals surface area contributed by atoms with Gasteiger partial charge < -0.3 is 20.3 Å². The maximum atomic E-state index is 13.7. The average Bonchev–Trinajstić information content (AvgIpc) is 3.19.